The van der Waals surface area contributed by atoms with Crippen LogP contribution in [0.25, 0.3) is 5.65 Å². The number of carbonyl (C=O) groups excluding carboxylic acids is 1. The predicted molar refractivity (Wildman–Crippen MR) is 65.7 cm³/mol. The molecule has 0 N–H and O–H groups in total. The molecule has 2 aromatic rings. The molecule has 0 radical (unpaired) electrons. The van der Waals surface area contributed by atoms with Crippen LogP contribution >= 0.6 is 0 Å². The quantitative estimate of drug-likeness (QED) is 0.606. The maximum Gasteiger partial charge on any atom is 0.386 e. The summed E-state index contributed by atoms with van der Waals surface area (Å²) in [5, 5.41) is 8.72. The third kappa shape index (κ3) is 2.10. The molecule has 0 aromatic carbocycles. The maximum atomic E-state index is 11.9. The molecule has 0 bridgehead atoms. The van der Waals surface area contributed by atoms with Gasteiger partial charge in [0.15, 0.2) is 0 Å². The third-order valence-electron chi connectivity index (χ3n) is 2.82. The van der Waals surface area contributed by atoms with Crippen LogP contribution in [-0.2, 0) is 11.3 Å². The van der Waals surface area contributed by atoms with Gasteiger partial charge in [-0.1, -0.05) is 6.07 Å². The third-order valence-corrected chi connectivity index (χ3v) is 2.82. The number of esters is 1. The Kier molecular flexibility index (Phi) is 3.66. The number of pyridine rings is 1. The number of hydrogen-bond donors (Lipinski definition) is 0. The van der Waals surface area contributed by atoms with Crippen LogP contribution in [0.4, 0.5) is 0 Å². The number of rotatable bonds is 4. The number of fused-ring (bicyclic) bond motifs is 1. The number of imidazole rings is 1. The van der Waals surface area contributed by atoms with E-state index in [9.17, 15) is 4.79 Å². The Morgan fingerprint density at radius 2 is 2.26 bits per heavy atom. The Morgan fingerprint density at radius 3 is 2.89 bits per heavy atom. The van der Waals surface area contributed by atoms with Crippen molar-refractivity contribution in [2.45, 2.75) is 13.0 Å². The SMILES string of the molecule is COC(=O)c1c(OC)[n+](CCC#N)c2ccccn12. The molecule has 0 aliphatic rings. The average Bonchev–Trinajstić information content (AvgIpc) is 2.77. The van der Waals surface area contributed by atoms with Gasteiger partial charge >= 0.3 is 17.5 Å². The van der Waals surface area contributed by atoms with Crippen LogP contribution in [0.2, 0.25) is 0 Å². The van der Waals surface area contributed by atoms with Crippen molar-refractivity contribution in [1.29, 1.82) is 5.26 Å². The van der Waals surface area contributed by atoms with Crippen LogP contribution in [0.15, 0.2) is 24.4 Å². The van der Waals surface area contributed by atoms with Gasteiger partial charge in [0.25, 0.3) is 5.65 Å². The lowest BCUT2D eigenvalue weighted by molar-refractivity contribution is -0.674. The molecule has 0 aliphatic carbocycles. The lowest BCUT2D eigenvalue weighted by Gasteiger charge is -1.99. The smallest absolute Gasteiger partial charge is 0.386 e. The first-order chi connectivity index (χ1) is 9.24. The van der Waals surface area contributed by atoms with Crippen molar-refractivity contribution in [3.63, 3.8) is 0 Å². The monoisotopic (exact) mass is 260 g/mol. The molecule has 0 saturated heterocycles. The van der Waals surface area contributed by atoms with Gasteiger partial charge < -0.3 is 9.47 Å². The van der Waals surface area contributed by atoms with Crippen molar-refractivity contribution in [3.05, 3.63) is 30.1 Å². The van der Waals surface area contributed by atoms with E-state index in [1.54, 1.807) is 15.2 Å². The molecule has 0 atom stereocenters. The molecule has 98 valence electrons. The van der Waals surface area contributed by atoms with Crippen molar-refractivity contribution in [1.82, 2.24) is 4.40 Å². The van der Waals surface area contributed by atoms with Gasteiger partial charge in [-0.15, -0.1) is 0 Å². The second-order valence-electron chi connectivity index (χ2n) is 3.84. The van der Waals surface area contributed by atoms with Crippen LogP contribution in [-0.4, -0.2) is 24.6 Å². The normalized spacial score (nSPS) is 10.2. The first kappa shape index (κ1) is 12.9. The molecule has 2 rings (SSSR count). The van der Waals surface area contributed by atoms with Crippen molar-refractivity contribution in [2.24, 2.45) is 0 Å². The molecule has 6 heteroatoms. The molecular formula is C13H14N3O3+. The summed E-state index contributed by atoms with van der Waals surface area (Å²) < 4.78 is 13.6. The van der Waals surface area contributed by atoms with Gasteiger partial charge in [-0.3, -0.25) is 0 Å². The van der Waals surface area contributed by atoms with Crippen LogP contribution < -0.4 is 9.30 Å². The largest absolute Gasteiger partial charge is 0.463 e. The summed E-state index contributed by atoms with van der Waals surface area (Å²) in [6.07, 6.45) is 2.09. The van der Waals surface area contributed by atoms with E-state index in [-0.39, 0.29) is 0 Å². The van der Waals surface area contributed by atoms with Gasteiger partial charge in [-0.2, -0.15) is 14.2 Å². The molecule has 6 nitrogen and oxygen atoms in total. The lowest BCUT2D eigenvalue weighted by atomic mass is 10.4. The molecule has 0 fully saturated rings. The zero-order valence-corrected chi connectivity index (χ0v) is 10.8. The van der Waals surface area contributed by atoms with Gasteiger partial charge in [-0.25, -0.2) is 4.79 Å². The molecule has 19 heavy (non-hydrogen) atoms. The van der Waals surface area contributed by atoms with E-state index in [2.05, 4.69) is 6.07 Å². The molecule has 2 heterocycles. The Bertz CT molecular complexity index is 655. The number of carbonyl (C=O) groups is 1. The number of ether oxygens (including phenoxy) is 2. The summed E-state index contributed by atoms with van der Waals surface area (Å²) >= 11 is 0. The number of aromatic nitrogens is 2. The number of hydrogen-bond acceptors (Lipinski definition) is 4. The van der Waals surface area contributed by atoms with E-state index in [0.717, 1.165) is 5.65 Å². The lowest BCUT2D eigenvalue weighted by Crippen LogP contribution is -2.34. The number of nitrogens with zero attached hydrogens (tertiary/aromatic N) is 3. The van der Waals surface area contributed by atoms with E-state index < -0.39 is 5.97 Å². The second kappa shape index (κ2) is 5.40. The summed E-state index contributed by atoms with van der Waals surface area (Å²) in [6, 6.07) is 7.61. The molecule has 0 unspecified atom stereocenters. The minimum absolute atomic E-state index is 0.318. The van der Waals surface area contributed by atoms with Gasteiger partial charge in [-0.05, 0) is 6.07 Å². The fraction of sp³-hybridized carbons (Fsp3) is 0.308. The van der Waals surface area contributed by atoms with Gasteiger partial charge in [0.2, 0.25) is 0 Å². The zero-order chi connectivity index (χ0) is 13.8. The van der Waals surface area contributed by atoms with Crippen LogP contribution in [0, 0.1) is 11.3 Å². The number of methoxy groups -OCH3 is 2. The maximum absolute atomic E-state index is 11.9. The van der Waals surface area contributed by atoms with E-state index in [1.807, 2.05) is 18.2 Å². The topological polar surface area (TPSA) is 67.6 Å². The predicted octanol–water partition coefficient (Wildman–Crippen LogP) is 0.936. The molecule has 2 aromatic heterocycles. The van der Waals surface area contributed by atoms with Crippen LogP contribution in [0.1, 0.15) is 16.9 Å². The summed E-state index contributed by atoms with van der Waals surface area (Å²) in [6.45, 7) is 0.449. The average molecular weight is 260 g/mol. The van der Waals surface area contributed by atoms with E-state index in [0.29, 0.717) is 24.5 Å². The summed E-state index contributed by atoms with van der Waals surface area (Å²) in [4.78, 5) is 11.9. The van der Waals surface area contributed by atoms with E-state index >= 15 is 0 Å². The van der Waals surface area contributed by atoms with Crippen LogP contribution in [0.3, 0.4) is 0 Å². The van der Waals surface area contributed by atoms with E-state index in [4.69, 9.17) is 14.7 Å². The van der Waals surface area contributed by atoms with E-state index in [1.165, 1.54) is 14.2 Å². The van der Waals surface area contributed by atoms with Gasteiger partial charge in [0.1, 0.15) is 6.54 Å². The van der Waals surface area contributed by atoms with Gasteiger partial charge in [0, 0.05) is 6.07 Å². The molecule has 0 spiro atoms. The minimum Gasteiger partial charge on any atom is -0.463 e. The first-order valence-electron chi connectivity index (χ1n) is 5.76. The standard InChI is InChI=1S/C13H14N3O3/c1-18-12-11(13(17)19-2)15-8-4-3-6-10(15)16(12)9-5-7-14/h3-4,6,8H,5,9H2,1-2H3/q+1. The summed E-state index contributed by atoms with van der Waals surface area (Å²) in [5.41, 5.74) is 1.09. The zero-order valence-electron chi connectivity index (χ0n) is 10.8. The van der Waals surface area contributed by atoms with Crippen molar-refractivity contribution in [3.8, 4) is 11.9 Å². The first-order valence-corrected chi connectivity index (χ1v) is 5.76. The van der Waals surface area contributed by atoms with Crippen molar-refractivity contribution in [2.75, 3.05) is 14.2 Å². The molecular weight excluding hydrogens is 246 g/mol. The number of nitriles is 1. The fourth-order valence-electron chi connectivity index (χ4n) is 2.05. The Hall–Kier alpha value is -2.55. The molecule has 0 amide bonds. The minimum atomic E-state index is -0.478. The highest BCUT2D eigenvalue weighted by Crippen LogP contribution is 2.18. The Morgan fingerprint density at radius 1 is 1.47 bits per heavy atom. The number of aryl methyl sites for hydroxylation is 1. The van der Waals surface area contributed by atoms with Crippen LogP contribution in [0.5, 0.6) is 5.88 Å². The Balaban J connectivity index is 2.72. The fourth-order valence-corrected chi connectivity index (χ4v) is 2.05. The van der Waals surface area contributed by atoms with Crippen molar-refractivity contribution < 1.29 is 18.8 Å². The highest BCUT2D eigenvalue weighted by molar-refractivity contribution is 5.90. The highest BCUT2D eigenvalue weighted by Gasteiger charge is 2.32. The summed E-state index contributed by atoms with van der Waals surface area (Å²) in [7, 11) is 2.81. The van der Waals surface area contributed by atoms with Crippen molar-refractivity contribution >= 4 is 11.6 Å². The van der Waals surface area contributed by atoms with Gasteiger partial charge in [0.05, 0.1) is 32.9 Å². The summed E-state index contributed by atoms with van der Waals surface area (Å²) in [5.74, 6) is -0.0814. The Labute approximate surface area is 110 Å². The molecule has 0 aliphatic heterocycles. The highest BCUT2D eigenvalue weighted by atomic mass is 16.5. The molecule has 0 saturated carbocycles. The second-order valence-corrected chi connectivity index (χ2v) is 3.84.